The molecule has 0 radical (unpaired) electrons. The standard InChI is InChI=1S/C23H27NO4/c1-6-7-15-12-16(8-10-20(15)27-5)22(25)24-19-14-23(2,3)28-21-11-9-17(26-4)13-18(19)21/h6,8-13,19H,1,7,14H2,2-5H3,(H,24,25)/t19-/m1/s1. The van der Waals surface area contributed by atoms with Crippen molar-refractivity contribution in [1.29, 1.82) is 0 Å². The summed E-state index contributed by atoms with van der Waals surface area (Å²) in [4.78, 5) is 13.0. The normalized spacial score (nSPS) is 17.1. The van der Waals surface area contributed by atoms with Crippen molar-refractivity contribution in [3.8, 4) is 17.2 Å². The molecular weight excluding hydrogens is 354 g/mol. The number of carbonyl (C=O) groups is 1. The van der Waals surface area contributed by atoms with E-state index in [1.54, 1.807) is 26.4 Å². The molecule has 0 saturated carbocycles. The summed E-state index contributed by atoms with van der Waals surface area (Å²) < 4.78 is 16.8. The second-order valence-electron chi connectivity index (χ2n) is 7.52. The summed E-state index contributed by atoms with van der Waals surface area (Å²) in [5.41, 5.74) is 2.06. The first-order valence-corrected chi connectivity index (χ1v) is 9.32. The highest BCUT2D eigenvalue weighted by Crippen LogP contribution is 2.41. The van der Waals surface area contributed by atoms with Gasteiger partial charge >= 0.3 is 0 Å². The van der Waals surface area contributed by atoms with Gasteiger partial charge in [-0.05, 0) is 62.2 Å². The molecular formula is C23H27NO4. The van der Waals surface area contributed by atoms with Crippen molar-refractivity contribution in [3.63, 3.8) is 0 Å². The summed E-state index contributed by atoms with van der Waals surface area (Å²) in [6.45, 7) is 7.82. The minimum Gasteiger partial charge on any atom is -0.497 e. The van der Waals surface area contributed by atoms with Gasteiger partial charge in [0.05, 0.1) is 20.3 Å². The van der Waals surface area contributed by atoms with Crippen LogP contribution < -0.4 is 19.5 Å². The van der Waals surface area contributed by atoms with Crippen LogP contribution in [0.5, 0.6) is 17.2 Å². The Morgan fingerprint density at radius 2 is 2.04 bits per heavy atom. The molecule has 1 N–H and O–H groups in total. The highest BCUT2D eigenvalue weighted by molar-refractivity contribution is 5.95. The lowest BCUT2D eigenvalue weighted by molar-refractivity contribution is 0.0618. The van der Waals surface area contributed by atoms with Gasteiger partial charge < -0.3 is 19.5 Å². The van der Waals surface area contributed by atoms with Crippen LogP contribution in [0.2, 0.25) is 0 Å². The fourth-order valence-electron chi connectivity index (χ4n) is 3.56. The molecule has 5 heteroatoms. The van der Waals surface area contributed by atoms with Gasteiger partial charge in [0, 0.05) is 17.5 Å². The lowest BCUT2D eigenvalue weighted by Crippen LogP contribution is -2.41. The van der Waals surface area contributed by atoms with Crippen molar-refractivity contribution >= 4 is 5.91 Å². The molecule has 2 aromatic rings. The highest BCUT2D eigenvalue weighted by atomic mass is 16.5. The van der Waals surface area contributed by atoms with E-state index < -0.39 is 0 Å². The number of hydrogen-bond donors (Lipinski definition) is 1. The largest absolute Gasteiger partial charge is 0.497 e. The zero-order valence-corrected chi connectivity index (χ0v) is 16.9. The number of allylic oxidation sites excluding steroid dienone is 1. The molecule has 3 rings (SSSR count). The summed E-state index contributed by atoms with van der Waals surface area (Å²) >= 11 is 0. The number of nitrogens with one attached hydrogen (secondary N) is 1. The minimum atomic E-state index is -0.382. The third-order valence-electron chi connectivity index (χ3n) is 4.89. The molecule has 0 saturated heterocycles. The SMILES string of the molecule is C=CCc1cc(C(=O)N[C@@H]2CC(C)(C)Oc3ccc(OC)cc32)ccc1OC. The van der Waals surface area contributed by atoms with Crippen LogP contribution in [0.4, 0.5) is 0 Å². The van der Waals surface area contributed by atoms with Gasteiger partial charge in [-0.1, -0.05) is 6.08 Å². The molecule has 0 unspecified atom stereocenters. The molecule has 1 heterocycles. The summed E-state index contributed by atoms with van der Waals surface area (Å²) in [6, 6.07) is 11.0. The Morgan fingerprint density at radius 1 is 1.25 bits per heavy atom. The number of amides is 1. The fourth-order valence-corrected chi connectivity index (χ4v) is 3.56. The van der Waals surface area contributed by atoms with Gasteiger partial charge in [-0.25, -0.2) is 0 Å². The third-order valence-corrected chi connectivity index (χ3v) is 4.89. The second-order valence-corrected chi connectivity index (χ2v) is 7.52. The maximum atomic E-state index is 13.0. The van der Waals surface area contributed by atoms with Gasteiger partial charge in [0.1, 0.15) is 22.8 Å². The molecule has 1 aliphatic heterocycles. The van der Waals surface area contributed by atoms with Gasteiger partial charge in [0.2, 0.25) is 0 Å². The van der Waals surface area contributed by atoms with Crippen molar-refractivity contribution in [2.24, 2.45) is 0 Å². The van der Waals surface area contributed by atoms with Crippen LogP contribution in [-0.4, -0.2) is 25.7 Å². The molecule has 0 aliphatic carbocycles. The molecule has 148 valence electrons. The molecule has 0 bridgehead atoms. The lowest BCUT2D eigenvalue weighted by Gasteiger charge is -2.38. The number of methoxy groups -OCH3 is 2. The van der Waals surface area contributed by atoms with Crippen molar-refractivity contribution < 1.29 is 19.0 Å². The van der Waals surface area contributed by atoms with E-state index in [1.165, 1.54) is 0 Å². The molecule has 1 atom stereocenters. The van der Waals surface area contributed by atoms with Crippen LogP contribution in [0.25, 0.3) is 0 Å². The Balaban J connectivity index is 1.89. The van der Waals surface area contributed by atoms with E-state index in [-0.39, 0.29) is 17.6 Å². The lowest BCUT2D eigenvalue weighted by atomic mass is 9.89. The summed E-state index contributed by atoms with van der Waals surface area (Å²) in [5.74, 6) is 2.12. The first-order chi connectivity index (χ1) is 13.4. The van der Waals surface area contributed by atoms with Gasteiger partial charge in [0.25, 0.3) is 5.91 Å². The number of ether oxygens (including phenoxy) is 3. The Kier molecular flexibility index (Phi) is 5.63. The van der Waals surface area contributed by atoms with E-state index in [0.717, 1.165) is 28.4 Å². The summed E-state index contributed by atoms with van der Waals surface area (Å²) in [5, 5.41) is 3.16. The molecule has 1 amide bonds. The third kappa shape index (κ3) is 4.14. The molecule has 1 aliphatic rings. The molecule has 0 aromatic heterocycles. The van der Waals surface area contributed by atoms with Gasteiger partial charge in [-0.15, -0.1) is 6.58 Å². The van der Waals surface area contributed by atoms with Crippen LogP contribution >= 0.6 is 0 Å². The van der Waals surface area contributed by atoms with Gasteiger partial charge in [-0.2, -0.15) is 0 Å². The van der Waals surface area contributed by atoms with Gasteiger partial charge in [-0.3, -0.25) is 4.79 Å². The van der Waals surface area contributed by atoms with Crippen LogP contribution in [0.3, 0.4) is 0 Å². The van der Waals surface area contributed by atoms with Crippen LogP contribution in [0.1, 0.15) is 47.8 Å². The highest BCUT2D eigenvalue weighted by Gasteiger charge is 2.35. The monoisotopic (exact) mass is 381 g/mol. The zero-order chi connectivity index (χ0) is 20.3. The van der Waals surface area contributed by atoms with E-state index in [2.05, 4.69) is 11.9 Å². The minimum absolute atomic E-state index is 0.135. The Bertz CT molecular complexity index is 888. The number of carbonyl (C=O) groups excluding carboxylic acids is 1. The molecule has 0 fully saturated rings. The Morgan fingerprint density at radius 3 is 2.71 bits per heavy atom. The predicted octanol–water partition coefficient (Wildman–Crippen LogP) is 4.46. The zero-order valence-electron chi connectivity index (χ0n) is 16.9. The maximum Gasteiger partial charge on any atom is 0.251 e. The average molecular weight is 381 g/mol. The van der Waals surface area contributed by atoms with E-state index in [1.807, 2.05) is 44.2 Å². The van der Waals surface area contributed by atoms with E-state index >= 15 is 0 Å². The topological polar surface area (TPSA) is 56.8 Å². The average Bonchev–Trinajstić information content (AvgIpc) is 2.67. The maximum absolute atomic E-state index is 13.0. The van der Waals surface area contributed by atoms with Crippen molar-refractivity contribution in [3.05, 3.63) is 65.7 Å². The molecule has 0 spiro atoms. The molecule has 5 nitrogen and oxygen atoms in total. The van der Waals surface area contributed by atoms with Crippen molar-refractivity contribution in [2.45, 2.75) is 38.3 Å². The van der Waals surface area contributed by atoms with Crippen LogP contribution in [-0.2, 0) is 6.42 Å². The first-order valence-electron chi connectivity index (χ1n) is 9.32. The quantitative estimate of drug-likeness (QED) is 0.751. The van der Waals surface area contributed by atoms with E-state index in [4.69, 9.17) is 14.2 Å². The van der Waals surface area contributed by atoms with E-state index in [0.29, 0.717) is 18.4 Å². The number of rotatable bonds is 6. The smallest absolute Gasteiger partial charge is 0.251 e. The molecule has 28 heavy (non-hydrogen) atoms. The first kappa shape index (κ1) is 19.8. The molecule has 2 aromatic carbocycles. The summed E-state index contributed by atoms with van der Waals surface area (Å²) in [7, 11) is 3.25. The Hall–Kier alpha value is -2.95. The number of benzene rings is 2. The second kappa shape index (κ2) is 7.97. The number of hydrogen-bond acceptors (Lipinski definition) is 4. The van der Waals surface area contributed by atoms with Crippen LogP contribution in [0.15, 0.2) is 49.1 Å². The number of fused-ring (bicyclic) bond motifs is 1. The van der Waals surface area contributed by atoms with Crippen molar-refractivity contribution in [2.75, 3.05) is 14.2 Å². The predicted molar refractivity (Wildman–Crippen MR) is 109 cm³/mol. The summed E-state index contributed by atoms with van der Waals surface area (Å²) in [6.07, 6.45) is 3.09. The van der Waals surface area contributed by atoms with E-state index in [9.17, 15) is 4.79 Å². The van der Waals surface area contributed by atoms with Crippen molar-refractivity contribution in [1.82, 2.24) is 5.32 Å². The van der Waals surface area contributed by atoms with Gasteiger partial charge in [0.15, 0.2) is 0 Å². The van der Waals surface area contributed by atoms with Crippen LogP contribution in [0, 0.1) is 0 Å². The fraction of sp³-hybridized carbons (Fsp3) is 0.348. The Labute approximate surface area is 166 Å².